The summed E-state index contributed by atoms with van der Waals surface area (Å²) < 4.78 is 0. The van der Waals surface area contributed by atoms with E-state index in [1.807, 2.05) is 57.3 Å². The predicted octanol–water partition coefficient (Wildman–Crippen LogP) is 2.42. The maximum Gasteiger partial charge on any atom is 0.224 e. The molecule has 0 heterocycles. The van der Waals surface area contributed by atoms with E-state index < -0.39 is 0 Å². The van der Waals surface area contributed by atoms with Gasteiger partial charge in [0.15, 0.2) is 0 Å². The van der Waals surface area contributed by atoms with Gasteiger partial charge in [-0.3, -0.25) is 10.1 Å². The molecule has 0 spiro atoms. The number of nitrogens with one attached hydrogen (secondary N) is 3. The van der Waals surface area contributed by atoms with E-state index in [1.54, 1.807) is 0 Å². The third-order valence-corrected chi connectivity index (χ3v) is 2.98. The Morgan fingerprint density at radius 3 is 2.60 bits per heavy atom. The van der Waals surface area contributed by atoms with Gasteiger partial charge in [-0.05, 0) is 46.0 Å². The van der Waals surface area contributed by atoms with Crippen molar-refractivity contribution in [2.24, 2.45) is 0 Å². The summed E-state index contributed by atoms with van der Waals surface area (Å²) in [5.74, 6) is 0.0581. The number of benzene rings is 1. The van der Waals surface area contributed by atoms with Crippen molar-refractivity contribution in [3.8, 4) is 0 Å². The average Bonchev–Trinajstić information content (AvgIpc) is 2.45. The molecule has 3 N–H and O–H groups in total. The van der Waals surface area contributed by atoms with E-state index in [-0.39, 0.29) is 12.1 Å². The van der Waals surface area contributed by atoms with Crippen LogP contribution in [0.3, 0.4) is 0 Å². The van der Waals surface area contributed by atoms with Crippen molar-refractivity contribution in [3.63, 3.8) is 0 Å². The van der Waals surface area contributed by atoms with Gasteiger partial charge in [-0.25, -0.2) is 0 Å². The molecule has 0 aliphatic heterocycles. The van der Waals surface area contributed by atoms with Gasteiger partial charge in [-0.1, -0.05) is 29.8 Å². The second kappa shape index (κ2) is 9.28. The molecule has 1 atom stereocenters. The van der Waals surface area contributed by atoms with Crippen molar-refractivity contribution in [1.29, 1.82) is 0 Å². The first kappa shape index (κ1) is 16.4. The van der Waals surface area contributed by atoms with E-state index in [1.165, 1.54) is 5.56 Å². The number of likely N-dealkylation sites (N-methyl/N-ethyl adjacent to an activating group) is 1. The highest BCUT2D eigenvalue weighted by Gasteiger charge is 2.03. The molecule has 1 aromatic rings. The highest BCUT2D eigenvalue weighted by atomic mass is 16.1. The Balaban J connectivity index is 2.21. The Kier molecular flexibility index (Phi) is 7.62. The molecule has 1 amide bonds. The molecule has 1 aromatic carbocycles. The molecule has 0 fully saturated rings. The summed E-state index contributed by atoms with van der Waals surface area (Å²) in [5, 5.41) is 9.36. The summed E-state index contributed by atoms with van der Waals surface area (Å²) in [6.45, 7) is 4.82. The number of rotatable bonds is 8. The summed E-state index contributed by atoms with van der Waals surface area (Å²) in [6, 6.07) is 7.83. The van der Waals surface area contributed by atoms with E-state index >= 15 is 0 Å². The van der Waals surface area contributed by atoms with Crippen LogP contribution in [0, 0.1) is 6.92 Å². The Hall–Kier alpha value is -1.65. The molecular weight excluding hydrogens is 250 g/mol. The highest BCUT2D eigenvalue weighted by Crippen LogP contribution is 2.09. The number of hydrogen-bond donors (Lipinski definition) is 3. The molecule has 0 saturated heterocycles. The van der Waals surface area contributed by atoms with Crippen LogP contribution in [-0.2, 0) is 4.79 Å². The normalized spacial score (nSPS) is 12.6. The van der Waals surface area contributed by atoms with Crippen LogP contribution in [0.5, 0.6) is 0 Å². The fourth-order valence-corrected chi connectivity index (χ4v) is 1.83. The third kappa shape index (κ3) is 6.50. The number of allylic oxidation sites excluding steroid dienone is 1. The first-order valence-corrected chi connectivity index (χ1v) is 7.05. The first-order valence-electron chi connectivity index (χ1n) is 7.05. The smallest absolute Gasteiger partial charge is 0.224 e. The molecule has 4 nitrogen and oxygen atoms in total. The van der Waals surface area contributed by atoms with Crippen LogP contribution in [0.2, 0.25) is 0 Å². The van der Waals surface area contributed by atoms with Crippen LogP contribution in [0.25, 0.3) is 0 Å². The maximum absolute atomic E-state index is 11.8. The van der Waals surface area contributed by atoms with Crippen LogP contribution in [0.4, 0.5) is 5.69 Å². The lowest BCUT2D eigenvalue weighted by molar-refractivity contribution is -0.116. The van der Waals surface area contributed by atoms with Crippen molar-refractivity contribution >= 4 is 11.6 Å². The molecule has 20 heavy (non-hydrogen) atoms. The fourth-order valence-electron chi connectivity index (χ4n) is 1.83. The van der Waals surface area contributed by atoms with E-state index in [2.05, 4.69) is 16.0 Å². The van der Waals surface area contributed by atoms with E-state index in [4.69, 9.17) is 0 Å². The molecule has 1 unspecified atom stereocenters. The lowest BCUT2D eigenvalue weighted by Crippen LogP contribution is -2.39. The molecule has 0 radical (unpaired) electrons. The SMILES string of the molecule is C/C=C\C(NC)NCCCC(=O)Nc1ccc(C)cc1. The maximum atomic E-state index is 11.8. The molecule has 0 aliphatic rings. The average molecular weight is 275 g/mol. The summed E-state index contributed by atoms with van der Waals surface area (Å²) in [5.41, 5.74) is 2.05. The Morgan fingerprint density at radius 2 is 2.00 bits per heavy atom. The quantitative estimate of drug-likeness (QED) is 0.388. The van der Waals surface area contributed by atoms with Gasteiger partial charge in [-0.15, -0.1) is 0 Å². The fraction of sp³-hybridized carbons (Fsp3) is 0.438. The predicted molar refractivity (Wildman–Crippen MR) is 84.7 cm³/mol. The Bertz CT molecular complexity index is 426. The van der Waals surface area contributed by atoms with Crippen molar-refractivity contribution < 1.29 is 4.79 Å². The van der Waals surface area contributed by atoms with E-state index in [0.717, 1.165) is 18.7 Å². The minimum absolute atomic E-state index is 0.0581. The highest BCUT2D eigenvalue weighted by molar-refractivity contribution is 5.90. The molecule has 4 heteroatoms. The van der Waals surface area contributed by atoms with Gasteiger partial charge in [0, 0.05) is 12.1 Å². The van der Waals surface area contributed by atoms with Gasteiger partial charge < -0.3 is 10.6 Å². The molecule has 0 aromatic heterocycles. The molecule has 0 bridgehead atoms. The largest absolute Gasteiger partial charge is 0.326 e. The number of hydrogen-bond acceptors (Lipinski definition) is 3. The lowest BCUT2D eigenvalue weighted by Gasteiger charge is -2.13. The second-order valence-electron chi connectivity index (χ2n) is 4.76. The number of amides is 1. The minimum atomic E-state index is 0.0581. The number of carbonyl (C=O) groups excluding carboxylic acids is 1. The van der Waals surface area contributed by atoms with Crippen LogP contribution in [0.1, 0.15) is 25.3 Å². The first-order chi connectivity index (χ1) is 9.65. The van der Waals surface area contributed by atoms with E-state index in [9.17, 15) is 4.79 Å². The molecule has 1 rings (SSSR count). The number of aryl methyl sites for hydroxylation is 1. The standard InChI is InChI=1S/C16H25N3O/c1-4-6-15(17-3)18-12-5-7-16(20)19-14-10-8-13(2)9-11-14/h4,6,8-11,15,17-18H,5,7,12H2,1-3H3,(H,19,20)/b6-4-. The van der Waals surface area contributed by atoms with Crippen LogP contribution < -0.4 is 16.0 Å². The van der Waals surface area contributed by atoms with Crippen LogP contribution >= 0.6 is 0 Å². The van der Waals surface area contributed by atoms with Gasteiger partial charge in [0.2, 0.25) is 5.91 Å². The zero-order valence-corrected chi connectivity index (χ0v) is 12.6. The van der Waals surface area contributed by atoms with Crippen molar-refractivity contribution in [2.45, 2.75) is 32.9 Å². The zero-order valence-electron chi connectivity index (χ0n) is 12.6. The van der Waals surface area contributed by atoms with Gasteiger partial charge >= 0.3 is 0 Å². The van der Waals surface area contributed by atoms with Crippen molar-refractivity contribution in [1.82, 2.24) is 10.6 Å². The van der Waals surface area contributed by atoms with Crippen molar-refractivity contribution in [3.05, 3.63) is 42.0 Å². The topological polar surface area (TPSA) is 53.2 Å². The summed E-state index contributed by atoms with van der Waals surface area (Å²) in [6.07, 6.45) is 5.55. The van der Waals surface area contributed by atoms with Crippen LogP contribution in [0.15, 0.2) is 36.4 Å². The third-order valence-electron chi connectivity index (χ3n) is 2.98. The van der Waals surface area contributed by atoms with Gasteiger partial charge in [0.1, 0.15) is 0 Å². The number of anilines is 1. The monoisotopic (exact) mass is 275 g/mol. The zero-order chi connectivity index (χ0) is 14.8. The molecule has 110 valence electrons. The van der Waals surface area contributed by atoms with Crippen molar-refractivity contribution in [2.75, 3.05) is 18.9 Å². The van der Waals surface area contributed by atoms with Gasteiger partial charge in [-0.2, -0.15) is 0 Å². The van der Waals surface area contributed by atoms with Gasteiger partial charge in [0.25, 0.3) is 0 Å². The molecular formula is C16H25N3O. The number of carbonyl (C=O) groups is 1. The minimum Gasteiger partial charge on any atom is -0.326 e. The van der Waals surface area contributed by atoms with E-state index in [0.29, 0.717) is 6.42 Å². The van der Waals surface area contributed by atoms with Gasteiger partial charge in [0.05, 0.1) is 6.17 Å². The lowest BCUT2D eigenvalue weighted by atomic mass is 10.2. The second-order valence-corrected chi connectivity index (χ2v) is 4.76. The summed E-state index contributed by atoms with van der Waals surface area (Å²) in [7, 11) is 1.90. The Labute approximate surface area is 121 Å². The Morgan fingerprint density at radius 1 is 1.30 bits per heavy atom. The molecule has 0 saturated carbocycles. The summed E-state index contributed by atoms with van der Waals surface area (Å²) in [4.78, 5) is 11.8. The summed E-state index contributed by atoms with van der Waals surface area (Å²) >= 11 is 0. The molecule has 0 aliphatic carbocycles. The van der Waals surface area contributed by atoms with Crippen LogP contribution in [-0.4, -0.2) is 25.7 Å².